The Morgan fingerprint density at radius 2 is 1.95 bits per heavy atom. The molecular formula is C17H28N2. The predicted molar refractivity (Wildman–Crippen MR) is 82.2 cm³/mol. The summed E-state index contributed by atoms with van der Waals surface area (Å²) in [5.74, 6) is 1.61. The van der Waals surface area contributed by atoms with Gasteiger partial charge in [0.25, 0.3) is 0 Å². The van der Waals surface area contributed by atoms with Crippen molar-refractivity contribution >= 4 is 0 Å². The van der Waals surface area contributed by atoms with Crippen molar-refractivity contribution in [3.05, 3.63) is 35.9 Å². The van der Waals surface area contributed by atoms with Crippen LogP contribution in [0.15, 0.2) is 30.3 Å². The molecule has 2 nitrogen and oxygen atoms in total. The average Bonchev–Trinajstić information content (AvgIpc) is 3.20. The smallest absolute Gasteiger partial charge is 0.0358 e. The maximum Gasteiger partial charge on any atom is 0.0358 e. The average molecular weight is 260 g/mol. The number of hydrogen-bond acceptors (Lipinski definition) is 2. The Kier molecular flexibility index (Phi) is 5.41. The van der Waals surface area contributed by atoms with Crippen molar-refractivity contribution in [1.82, 2.24) is 10.2 Å². The van der Waals surface area contributed by atoms with Gasteiger partial charge in [0.05, 0.1) is 0 Å². The lowest BCUT2D eigenvalue weighted by atomic mass is 9.94. The summed E-state index contributed by atoms with van der Waals surface area (Å²) in [5.41, 5.74) is 1.41. The van der Waals surface area contributed by atoms with Gasteiger partial charge in [0.2, 0.25) is 0 Å². The van der Waals surface area contributed by atoms with Crippen molar-refractivity contribution in [2.45, 2.75) is 32.7 Å². The van der Waals surface area contributed by atoms with Gasteiger partial charge >= 0.3 is 0 Å². The van der Waals surface area contributed by atoms with Crippen molar-refractivity contribution in [3.63, 3.8) is 0 Å². The highest BCUT2D eigenvalue weighted by Gasteiger charge is 2.25. The molecule has 1 aliphatic carbocycles. The third kappa shape index (κ3) is 4.63. The summed E-state index contributed by atoms with van der Waals surface area (Å²) in [6.07, 6.45) is 2.88. The van der Waals surface area contributed by atoms with E-state index in [1.807, 2.05) is 0 Å². The van der Waals surface area contributed by atoms with Crippen LogP contribution in [0.1, 0.15) is 38.3 Å². The molecule has 0 heterocycles. The van der Waals surface area contributed by atoms with Crippen LogP contribution in [0.3, 0.4) is 0 Å². The van der Waals surface area contributed by atoms with Gasteiger partial charge < -0.3 is 10.2 Å². The molecule has 0 bridgehead atoms. The number of benzene rings is 1. The zero-order valence-electron chi connectivity index (χ0n) is 12.6. The monoisotopic (exact) mass is 260 g/mol. The second-order valence-electron chi connectivity index (χ2n) is 6.09. The van der Waals surface area contributed by atoms with Crippen molar-refractivity contribution in [2.24, 2.45) is 11.8 Å². The van der Waals surface area contributed by atoms with E-state index in [4.69, 9.17) is 0 Å². The Balaban J connectivity index is 1.93. The lowest BCUT2D eigenvalue weighted by Crippen LogP contribution is -2.35. The molecule has 0 amide bonds. The van der Waals surface area contributed by atoms with E-state index in [0.717, 1.165) is 12.5 Å². The normalized spacial score (nSPS) is 18.5. The van der Waals surface area contributed by atoms with E-state index >= 15 is 0 Å². The summed E-state index contributed by atoms with van der Waals surface area (Å²) in [6.45, 7) is 8.03. The molecule has 1 aromatic rings. The lowest BCUT2D eigenvalue weighted by Gasteiger charge is -2.29. The standard InChI is InChI=1S/C17H28N2/c1-4-18-17(16-8-6-5-7-9-16)14(2)12-19(3)13-15-10-11-15/h5-9,14-15,17-18H,4,10-13H2,1-3H3. The number of nitrogens with one attached hydrogen (secondary N) is 1. The fourth-order valence-corrected chi connectivity index (χ4v) is 2.94. The highest BCUT2D eigenvalue weighted by Crippen LogP contribution is 2.30. The fourth-order valence-electron chi connectivity index (χ4n) is 2.94. The first-order valence-corrected chi connectivity index (χ1v) is 7.67. The Labute approximate surface area is 118 Å². The van der Waals surface area contributed by atoms with Crippen LogP contribution in [-0.2, 0) is 0 Å². The zero-order chi connectivity index (χ0) is 13.7. The fraction of sp³-hybridized carbons (Fsp3) is 0.647. The summed E-state index contributed by atoms with van der Waals surface area (Å²) in [6, 6.07) is 11.3. The number of hydrogen-bond donors (Lipinski definition) is 1. The first kappa shape index (κ1) is 14.5. The van der Waals surface area contributed by atoms with Gasteiger partial charge in [0.15, 0.2) is 0 Å². The zero-order valence-corrected chi connectivity index (χ0v) is 12.6. The van der Waals surface area contributed by atoms with E-state index in [1.165, 1.54) is 31.5 Å². The summed E-state index contributed by atoms with van der Waals surface area (Å²) in [4.78, 5) is 2.51. The van der Waals surface area contributed by atoms with Gasteiger partial charge in [-0.05, 0) is 43.8 Å². The predicted octanol–water partition coefficient (Wildman–Crippen LogP) is 3.32. The molecule has 2 unspecified atom stereocenters. The van der Waals surface area contributed by atoms with E-state index in [1.54, 1.807) is 0 Å². The van der Waals surface area contributed by atoms with Crippen LogP contribution in [-0.4, -0.2) is 31.6 Å². The van der Waals surface area contributed by atoms with Crippen molar-refractivity contribution in [2.75, 3.05) is 26.7 Å². The molecule has 19 heavy (non-hydrogen) atoms. The Morgan fingerprint density at radius 1 is 1.26 bits per heavy atom. The van der Waals surface area contributed by atoms with Crippen LogP contribution in [0.25, 0.3) is 0 Å². The summed E-state index contributed by atoms with van der Waals surface area (Å²) in [7, 11) is 2.27. The molecule has 106 valence electrons. The minimum absolute atomic E-state index is 0.466. The van der Waals surface area contributed by atoms with Crippen molar-refractivity contribution in [1.29, 1.82) is 0 Å². The molecule has 1 N–H and O–H groups in total. The molecule has 1 aliphatic rings. The van der Waals surface area contributed by atoms with Gasteiger partial charge in [-0.2, -0.15) is 0 Å². The molecule has 0 aromatic heterocycles. The van der Waals surface area contributed by atoms with Crippen LogP contribution < -0.4 is 5.32 Å². The van der Waals surface area contributed by atoms with E-state index < -0.39 is 0 Å². The first-order valence-electron chi connectivity index (χ1n) is 7.67. The molecular weight excluding hydrogens is 232 g/mol. The van der Waals surface area contributed by atoms with Gasteiger partial charge in [-0.25, -0.2) is 0 Å². The molecule has 0 spiro atoms. The van der Waals surface area contributed by atoms with Crippen LogP contribution in [0.2, 0.25) is 0 Å². The van der Waals surface area contributed by atoms with Gasteiger partial charge in [-0.15, -0.1) is 0 Å². The molecule has 2 rings (SSSR count). The van der Waals surface area contributed by atoms with Crippen LogP contribution >= 0.6 is 0 Å². The largest absolute Gasteiger partial charge is 0.310 e. The maximum atomic E-state index is 3.65. The molecule has 0 radical (unpaired) electrons. The minimum Gasteiger partial charge on any atom is -0.310 e. The molecule has 2 heteroatoms. The molecule has 2 atom stereocenters. The second-order valence-corrected chi connectivity index (χ2v) is 6.09. The third-order valence-electron chi connectivity index (χ3n) is 4.02. The highest BCUT2D eigenvalue weighted by molar-refractivity contribution is 5.19. The van der Waals surface area contributed by atoms with E-state index in [9.17, 15) is 0 Å². The van der Waals surface area contributed by atoms with Crippen molar-refractivity contribution in [3.8, 4) is 0 Å². The lowest BCUT2D eigenvalue weighted by molar-refractivity contribution is 0.241. The summed E-state index contributed by atoms with van der Waals surface area (Å²) >= 11 is 0. The maximum absolute atomic E-state index is 3.65. The Morgan fingerprint density at radius 3 is 2.53 bits per heavy atom. The minimum atomic E-state index is 0.466. The Bertz CT molecular complexity index is 359. The van der Waals surface area contributed by atoms with Gasteiger partial charge in [0, 0.05) is 19.1 Å². The van der Waals surface area contributed by atoms with Gasteiger partial charge in [0.1, 0.15) is 0 Å². The van der Waals surface area contributed by atoms with E-state index in [2.05, 4.69) is 61.4 Å². The third-order valence-corrected chi connectivity index (χ3v) is 4.02. The van der Waals surface area contributed by atoms with E-state index in [-0.39, 0.29) is 0 Å². The first-order chi connectivity index (χ1) is 9.20. The topological polar surface area (TPSA) is 15.3 Å². The summed E-state index contributed by atoms with van der Waals surface area (Å²) < 4.78 is 0. The molecule has 1 fully saturated rings. The van der Waals surface area contributed by atoms with Gasteiger partial charge in [-0.3, -0.25) is 0 Å². The number of nitrogens with zero attached hydrogens (tertiary/aromatic N) is 1. The van der Waals surface area contributed by atoms with Crippen LogP contribution in [0.5, 0.6) is 0 Å². The SMILES string of the molecule is CCNC(c1ccccc1)C(C)CN(C)CC1CC1. The van der Waals surface area contributed by atoms with E-state index in [0.29, 0.717) is 12.0 Å². The van der Waals surface area contributed by atoms with Gasteiger partial charge in [-0.1, -0.05) is 44.2 Å². The van der Waals surface area contributed by atoms with Crippen LogP contribution in [0.4, 0.5) is 0 Å². The summed E-state index contributed by atoms with van der Waals surface area (Å²) in [5, 5.41) is 3.65. The molecule has 0 saturated heterocycles. The quantitative estimate of drug-likeness (QED) is 0.771. The number of rotatable bonds is 8. The molecule has 1 aromatic carbocycles. The van der Waals surface area contributed by atoms with Crippen molar-refractivity contribution < 1.29 is 0 Å². The van der Waals surface area contributed by atoms with Crippen LogP contribution in [0, 0.1) is 11.8 Å². The Hall–Kier alpha value is -0.860. The second kappa shape index (κ2) is 7.06. The molecule has 0 aliphatic heterocycles. The molecule has 1 saturated carbocycles. The highest BCUT2D eigenvalue weighted by atomic mass is 15.1.